The Balaban J connectivity index is 1.90. The summed E-state index contributed by atoms with van der Waals surface area (Å²) in [6.45, 7) is 1.73. The van der Waals surface area contributed by atoms with Crippen molar-refractivity contribution in [3.8, 4) is 0 Å². The third-order valence-corrected chi connectivity index (χ3v) is 5.11. The number of imidazole rings is 1. The summed E-state index contributed by atoms with van der Waals surface area (Å²) in [4.78, 5) is 53.3. The number of Topliss-reactive ketones (excluding diaryl/α,β-unsaturated/α-hetero) is 1. The van der Waals surface area contributed by atoms with E-state index < -0.39 is 11.2 Å². The largest absolute Gasteiger partial charge is 0.351 e. The summed E-state index contributed by atoms with van der Waals surface area (Å²) in [5.41, 5.74) is -0.521. The van der Waals surface area contributed by atoms with Crippen molar-refractivity contribution in [2.24, 2.45) is 14.1 Å². The van der Waals surface area contributed by atoms with Crippen LogP contribution in [0.1, 0.15) is 21.5 Å². The molecule has 0 saturated heterocycles. The van der Waals surface area contributed by atoms with Gasteiger partial charge in [0.05, 0.1) is 24.3 Å². The molecule has 0 radical (unpaired) electrons. The lowest BCUT2D eigenvalue weighted by Crippen LogP contribution is -2.37. The van der Waals surface area contributed by atoms with Gasteiger partial charge in [-0.15, -0.1) is 11.3 Å². The smallest absolute Gasteiger partial charge is 0.332 e. The Kier molecular flexibility index (Phi) is 4.60. The molecule has 0 aliphatic carbocycles. The normalized spacial score (nSPS) is 11.0. The molecule has 10 heteroatoms. The molecule has 136 valence electrons. The van der Waals surface area contributed by atoms with Crippen molar-refractivity contribution in [2.45, 2.75) is 20.0 Å². The van der Waals surface area contributed by atoms with E-state index in [0.717, 1.165) is 9.44 Å². The quantitative estimate of drug-likeness (QED) is 0.632. The van der Waals surface area contributed by atoms with Crippen molar-refractivity contribution in [1.82, 2.24) is 24.0 Å². The second-order valence-corrected chi connectivity index (χ2v) is 7.02. The third-order valence-electron chi connectivity index (χ3n) is 3.98. The van der Waals surface area contributed by atoms with Crippen molar-refractivity contribution in [1.29, 1.82) is 0 Å². The Morgan fingerprint density at radius 2 is 1.92 bits per heavy atom. The van der Waals surface area contributed by atoms with Gasteiger partial charge < -0.3 is 9.88 Å². The molecule has 0 spiro atoms. The number of hydrogen-bond donors (Lipinski definition) is 1. The summed E-state index contributed by atoms with van der Waals surface area (Å²) in [6.07, 6.45) is 1.38. The van der Waals surface area contributed by atoms with Gasteiger partial charge in [0, 0.05) is 25.9 Å². The van der Waals surface area contributed by atoms with Gasteiger partial charge in [0.25, 0.3) is 5.56 Å². The number of fused-ring (bicyclic) bond motifs is 1. The van der Waals surface area contributed by atoms with Crippen LogP contribution in [0.4, 0.5) is 0 Å². The summed E-state index contributed by atoms with van der Waals surface area (Å²) in [5, 5.41) is 2.68. The predicted octanol–water partition coefficient (Wildman–Crippen LogP) is 0.0142. The summed E-state index contributed by atoms with van der Waals surface area (Å²) in [5.74, 6) is -0.322. The average Bonchev–Trinajstić information content (AvgIpc) is 3.23. The standard InChI is InChI=1S/C16H17N5O4S/c1-9(22)17-6-10-4-5-12(26-10)11(23)7-21-8-18-14-13(21)15(24)20(3)16(25)19(14)2/h4-5,8H,6-7H2,1-3H3,(H,17,22). The monoisotopic (exact) mass is 375 g/mol. The van der Waals surface area contributed by atoms with E-state index in [2.05, 4.69) is 10.3 Å². The fourth-order valence-electron chi connectivity index (χ4n) is 2.58. The van der Waals surface area contributed by atoms with E-state index >= 15 is 0 Å². The van der Waals surface area contributed by atoms with Crippen LogP contribution >= 0.6 is 11.3 Å². The van der Waals surface area contributed by atoms with Gasteiger partial charge >= 0.3 is 5.69 Å². The highest BCUT2D eigenvalue weighted by atomic mass is 32.1. The highest BCUT2D eigenvalue weighted by molar-refractivity contribution is 7.14. The minimum absolute atomic E-state index is 0.0654. The van der Waals surface area contributed by atoms with Gasteiger partial charge in [0.2, 0.25) is 5.91 Å². The zero-order chi connectivity index (χ0) is 19.0. The molecule has 3 rings (SSSR count). The molecular weight excluding hydrogens is 358 g/mol. The second kappa shape index (κ2) is 6.71. The van der Waals surface area contributed by atoms with Gasteiger partial charge in [-0.25, -0.2) is 9.78 Å². The van der Waals surface area contributed by atoms with Crippen molar-refractivity contribution >= 4 is 34.2 Å². The van der Waals surface area contributed by atoms with Gasteiger partial charge in [0.15, 0.2) is 16.9 Å². The first kappa shape index (κ1) is 17.8. The number of amides is 1. The van der Waals surface area contributed by atoms with Gasteiger partial charge in [-0.1, -0.05) is 0 Å². The van der Waals surface area contributed by atoms with E-state index in [0.29, 0.717) is 11.4 Å². The van der Waals surface area contributed by atoms with E-state index in [-0.39, 0.29) is 29.4 Å². The van der Waals surface area contributed by atoms with Crippen molar-refractivity contribution < 1.29 is 9.59 Å². The molecule has 3 aromatic rings. The Bertz CT molecular complexity index is 1130. The third kappa shape index (κ3) is 3.10. The summed E-state index contributed by atoms with van der Waals surface area (Å²) in [6, 6.07) is 3.47. The van der Waals surface area contributed by atoms with Crippen LogP contribution in [0.3, 0.4) is 0 Å². The second-order valence-electron chi connectivity index (χ2n) is 5.85. The molecule has 1 N–H and O–H groups in total. The molecule has 1 amide bonds. The zero-order valence-corrected chi connectivity index (χ0v) is 15.3. The van der Waals surface area contributed by atoms with Crippen LogP contribution in [0.2, 0.25) is 0 Å². The van der Waals surface area contributed by atoms with Gasteiger partial charge in [-0.2, -0.15) is 0 Å². The number of ketones is 1. The van der Waals surface area contributed by atoms with Crippen molar-refractivity contribution in [3.63, 3.8) is 0 Å². The predicted molar refractivity (Wildman–Crippen MR) is 96.4 cm³/mol. The Morgan fingerprint density at radius 3 is 2.62 bits per heavy atom. The van der Waals surface area contributed by atoms with E-state index in [1.807, 2.05) is 0 Å². The van der Waals surface area contributed by atoms with Crippen LogP contribution in [-0.4, -0.2) is 30.4 Å². The fraction of sp³-hybridized carbons (Fsp3) is 0.312. The van der Waals surface area contributed by atoms with Crippen LogP contribution < -0.4 is 16.6 Å². The fourth-order valence-corrected chi connectivity index (χ4v) is 3.46. The van der Waals surface area contributed by atoms with Crippen LogP contribution in [-0.2, 0) is 32.0 Å². The van der Waals surface area contributed by atoms with Crippen LogP contribution in [0.25, 0.3) is 11.2 Å². The van der Waals surface area contributed by atoms with Crippen molar-refractivity contribution in [3.05, 3.63) is 49.1 Å². The van der Waals surface area contributed by atoms with Crippen LogP contribution in [0.15, 0.2) is 28.0 Å². The number of aromatic nitrogens is 4. The lowest BCUT2D eigenvalue weighted by molar-refractivity contribution is -0.119. The maximum Gasteiger partial charge on any atom is 0.332 e. The van der Waals surface area contributed by atoms with Gasteiger partial charge in [-0.3, -0.25) is 23.5 Å². The van der Waals surface area contributed by atoms with E-state index in [4.69, 9.17) is 0 Å². The highest BCUT2D eigenvalue weighted by Gasteiger charge is 2.17. The lowest BCUT2D eigenvalue weighted by atomic mass is 10.3. The molecule has 9 nitrogen and oxygen atoms in total. The number of aryl methyl sites for hydroxylation is 1. The molecule has 3 heterocycles. The molecule has 0 saturated carbocycles. The first-order chi connectivity index (χ1) is 12.3. The number of rotatable bonds is 5. The first-order valence-corrected chi connectivity index (χ1v) is 8.58. The highest BCUT2D eigenvalue weighted by Crippen LogP contribution is 2.18. The van der Waals surface area contributed by atoms with E-state index in [1.54, 1.807) is 12.1 Å². The molecule has 0 unspecified atom stereocenters. The Hall–Kier alpha value is -3.01. The summed E-state index contributed by atoms with van der Waals surface area (Å²) >= 11 is 1.29. The van der Waals surface area contributed by atoms with Gasteiger partial charge in [-0.05, 0) is 12.1 Å². The number of carbonyl (C=O) groups excluding carboxylic acids is 2. The first-order valence-electron chi connectivity index (χ1n) is 7.76. The number of nitrogens with zero attached hydrogens (tertiary/aromatic N) is 4. The van der Waals surface area contributed by atoms with Crippen LogP contribution in [0.5, 0.6) is 0 Å². The molecule has 0 aliphatic heterocycles. The number of hydrogen-bond acceptors (Lipinski definition) is 6. The summed E-state index contributed by atoms with van der Waals surface area (Å²) in [7, 11) is 2.91. The molecule has 0 aliphatic rings. The van der Waals surface area contributed by atoms with Crippen LogP contribution in [0, 0.1) is 0 Å². The molecule has 0 atom stereocenters. The SMILES string of the molecule is CC(=O)NCc1ccc(C(=O)Cn2cnc3c2c(=O)n(C)c(=O)n3C)s1. The molecular formula is C16H17N5O4S. The Labute approximate surface area is 151 Å². The minimum atomic E-state index is -0.495. The topological polar surface area (TPSA) is 108 Å². The maximum atomic E-state index is 12.6. The molecule has 0 fully saturated rings. The molecule has 0 aromatic carbocycles. The number of thiophene rings is 1. The van der Waals surface area contributed by atoms with Gasteiger partial charge in [0.1, 0.15) is 0 Å². The molecule has 26 heavy (non-hydrogen) atoms. The maximum absolute atomic E-state index is 12.6. The number of nitrogens with one attached hydrogen (secondary N) is 1. The average molecular weight is 375 g/mol. The molecule has 0 bridgehead atoms. The van der Waals surface area contributed by atoms with E-state index in [9.17, 15) is 19.2 Å². The lowest BCUT2D eigenvalue weighted by Gasteiger charge is -2.05. The Morgan fingerprint density at radius 1 is 1.19 bits per heavy atom. The molecule has 3 aromatic heterocycles. The minimum Gasteiger partial charge on any atom is -0.351 e. The zero-order valence-electron chi connectivity index (χ0n) is 14.5. The van der Waals surface area contributed by atoms with E-state index in [1.165, 1.54) is 47.8 Å². The number of carbonyl (C=O) groups is 2. The van der Waals surface area contributed by atoms with Crippen molar-refractivity contribution in [2.75, 3.05) is 0 Å². The summed E-state index contributed by atoms with van der Waals surface area (Å²) < 4.78 is 3.71.